The summed E-state index contributed by atoms with van der Waals surface area (Å²) in [6.45, 7) is -0.665. The Morgan fingerprint density at radius 1 is 1.00 bits per heavy atom. The van der Waals surface area contributed by atoms with Gasteiger partial charge in [0.15, 0.2) is 12.4 Å². The molecule has 4 rings (SSSR count). The molecule has 30 heavy (non-hydrogen) atoms. The van der Waals surface area contributed by atoms with Crippen LogP contribution in [0.3, 0.4) is 0 Å². The Balaban J connectivity index is 1.47. The summed E-state index contributed by atoms with van der Waals surface area (Å²) in [6.07, 6.45) is 0. The zero-order valence-electron chi connectivity index (χ0n) is 15.4. The molecule has 0 atom stereocenters. The van der Waals surface area contributed by atoms with E-state index in [1.165, 1.54) is 6.07 Å². The summed E-state index contributed by atoms with van der Waals surface area (Å²) in [7, 11) is 0. The third kappa shape index (κ3) is 4.02. The highest BCUT2D eigenvalue weighted by atomic mass is 19.1. The largest absolute Gasteiger partial charge is 0.452 e. The number of halogens is 2. The van der Waals surface area contributed by atoms with Crippen molar-refractivity contribution < 1.29 is 27.6 Å². The van der Waals surface area contributed by atoms with Gasteiger partial charge in [-0.3, -0.25) is 4.79 Å². The summed E-state index contributed by atoms with van der Waals surface area (Å²) in [4.78, 5) is 24.3. The standard InChI is InChI=1S/C22H14F2N2O4/c23-15-7-8-17(24)19(11-15)25-20(27)12-29-22(28)14-6-9-18-16(10-14)21(30-26-18)13-4-2-1-3-5-13/h1-11H,12H2,(H,25,27). The Labute approximate surface area is 169 Å². The fourth-order valence-electron chi connectivity index (χ4n) is 2.86. The van der Waals surface area contributed by atoms with Gasteiger partial charge in [0.1, 0.15) is 17.2 Å². The molecule has 0 bridgehead atoms. The SMILES string of the molecule is O=C(COC(=O)c1ccc2noc(-c3ccccc3)c2c1)Nc1cc(F)ccc1F. The number of carbonyl (C=O) groups excluding carboxylic acids is 2. The van der Waals surface area contributed by atoms with Crippen molar-refractivity contribution in [2.45, 2.75) is 0 Å². The lowest BCUT2D eigenvalue weighted by atomic mass is 10.1. The predicted molar refractivity (Wildman–Crippen MR) is 105 cm³/mol. The maximum absolute atomic E-state index is 13.6. The van der Waals surface area contributed by atoms with Crippen molar-refractivity contribution in [3.63, 3.8) is 0 Å². The highest BCUT2D eigenvalue weighted by Gasteiger charge is 2.16. The number of rotatable bonds is 5. The molecule has 1 heterocycles. The van der Waals surface area contributed by atoms with E-state index in [0.717, 1.165) is 23.8 Å². The van der Waals surface area contributed by atoms with Gasteiger partial charge in [0, 0.05) is 11.6 Å². The minimum absolute atomic E-state index is 0.188. The van der Waals surface area contributed by atoms with Crippen molar-refractivity contribution in [2.75, 3.05) is 11.9 Å². The smallest absolute Gasteiger partial charge is 0.338 e. The zero-order chi connectivity index (χ0) is 21.1. The van der Waals surface area contributed by atoms with Crippen LogP contribution in [-0.4, -0.2) is 23.6 Å². The Bertz CT molecular complexity index is 1240. The van der Waals surface area contributed by atoms with E-state index in [4.69, 9.17) is 9.26 Å². The maximum Gasteiger partial charge on any atom is 0.338 e. The van der Waals surface area contributed by atoms with Gasteiger partial charge in [-0.05, 0) is 30.3 Å². The van der Waals surface area contributed by atoms with Crippen LogP contribution in [-0.2, 0) is 9.53 Å². The molecule has 0 aliphatic rings. The lowest BCUT2D eigenvalue weighted by Gasteiger charge is -2.08. The molecule has 1 N–H and O–H groups in total. The first-order valence-electron chi connectivity index (χ1n) is 8.88. The van der Waals surface area contributed by atoms with Crippen molar-refractivity contribution in [2.24, 2.45) is 0 Å². The molecule has 0 unspecified atom stereocenters. The molecule has 8 heteroatoms. The Kier molecular flexibility index (Phi) is 5.21. The quantitative estimate of drug-likeness (QED) is 0.490. The molecular formula is C22H14F2N2O4. The van der Waals surface area contributed by atoms with Crippen LogP contribution in [0.2, 0.25) is 0 Å². The molecule has 0 aliphatic heterocycles. The average molecular weight is 408 g/mol. The second kappa shape index (κ2) is 8.12. The maximum atomic E-state index is 13.6. The number of ether oxygens (including phenoxy) is 1. The van der Waals surface area contributed by atoms with E-state index in [9.17, 15) is 18.4 Å². The number of aromatic nitrogens is 1. The third-order valence-electron chi connectivity index (χ3n) is 4.28. The summed E-state index contributed by atoms with van der Waals surface area (Å²) in [5.41, 5.74) is 1.20. The van der Waals surface area contributed by atoms with Crippen LogP contribution in [0.4, 0.5) is 14.5 Å². The summed E-state index contributed by atoms with van der Waals surface area (Å²) < 4.78 is 37.1. The summed E-state index contributed by atoms with van der Waals surface area (Å²) in [5, 5.41) is 6.75. The number of esters is 1. The number of carbonyl (C=O) groups is 2. The highest BCUT2D eigenvalue weighted by Crippen LogP contribution is 2.29. The first-order valence-corrected chi connectivity index (χ1v) is 8.88. The lowest BCUT2D eigenvalue weighted by Crippen LogP contribution is -2.21. The number of amides is 1. The van der Waals surface area contributed by atoms with Crippen molar-refractivity contribution >= 4 is 28.5 Å². The first kappa shape index (κ1) is 19.3. The number of nitrogens with zero attached hydrogens (tertiary/aromatic N) is 1. The second-order valence-electron chi connectivity index (χ2n) is 6.36. The third-order valence-corrected chi connectivity index (χ3v) is 4.28. The molecule has 1 aromatic heterocycles. The van der Waals surface area contributed by atoms with Gasteiger partial charge in [-0.2, -0.15) is 0 Å². The van der Waals surface area contributed by atoms with Gasteiger partial charge in [-0.15, -0.1) is 0 Å². The molecule has 0 radical (unpaired) electrons. The molecule has 0 saturated heterocycles. The average Bonchev–Trinajstić information content (AvgIpc) is 3.18. The molecule has 0 saturated carbocycles. The summed E-state index contributed by atoms with van der Waals surface area (Å²) in [6, 6.07) is 16.6. The number of fused-ring (bicyclic) bond motifs is 1. The highest BCUT2D eigenvalue weighted by molar-refractivity contribution is 6.00. The molecule has 0 fully saturated rings. The van der Waals surface area contributed by atoms with Crippen molar-refractivity contribution in [3.05, 3.63) is 83.9 Å². The van der Waals surface area contributed by atoms with Gasteiger partial charge in [0.05, 0.1) is 16.6 Å². The molecule has 6 nitrogen and oxygen atoms in total. The Morgan fingerprint density at radius 3 is 2.60 bits per heavy atom. The molecular weight excluding hydrogens is 394 g/mol. The van der Waals surface area contributed by atoms with Gasteiger partial charge in [0.25, 0.3) is 5.91 Å². The monoisotopic (exact) mass is 408 g/mol. The van der Waals surface area contributed by atoms with Crippen LogP contribution in [0.15, 0.2) is 71.3 Å². The first-order chi connectivity index (χ1) is 14.5. The van der Waals surface area contributed by atoms with Crippen LogP contribution in [0.1, 0.15) is 10.4 Å². The van der Waals surface area contributed by atoms with Gasteiger partial charge >= 0.3 is 5.97 Å². The van der Waals surface area contributed by atoms with Crippen LogP contribution in [0.25, 0.3) is 22.2 Å². The van der Waals surface area contributed by atoms with Crippen LogP contribution in [0, 0.1) is 11.6 Å². The molecule has 1 amide bonds. The predicted octanol–water partition coefficient (Wildman–Crippen LogP) is 4.57. The Morgan fingerprint density at radius 2 is 1.80 bits per heavy atom. The minimum atomic E-state index is -0.803. The van der Waals surface area contributed by atoms with Crippen molar-refractivity contribution in [1.29, 1.82) is 0 Å². The van der Waals surface area contributed by atoms with Gasteiger partial charge in [-0.1, -0.05) is 35.5 Å². The van der Waals surface area contributed by atoms with Gasteiger partial charge in [-0.25, -0.2) is 13.6 Å². The van der Waals surface area contributed by atoms with Gasteiger partial charge in [0.2, 0.25) is 0 Å². The van der Waals surface area contributed by atoms with E-state index in [1.54, 1.807) is 12.1 Å². The van der Waals surface area contributed by atoms with Gasteiger partial charge < -0.3 is 14.6 Å². The van der Waals surface area contributed by atoms with Crippen LogP contribution >= 0.6 is 0 Å². The van der Waals surface area contributed by atoms with E-state index in [0.29, 0.717) is 16.7 Å². The van der Waals surface area contributed by atoms with Crippen LogP contribution in [0.5, 0.6) is 0 Å². The van der Waals surface area contributed by atoms with Crippen molar-refractivity contribution in [1.82, 2.24) is 5.16 Å². The van der Waals surface area contributed by atoms with E-state index >= 15 is 0 Å². The number of anilines is 1. The second-order valence-corrected chi connectivity index (χ2v) is 6.36. The van der Waals surface area contributed by atoms with Crippen molar-refractivity contribution in [3.8, 4) is 11.3 Å². The van der Waals surface area contributed by atoms with Crippen LogP contribution < -0.4 is 5.32 Å². The fourth-order valence-corrected chi connectivity index (χ4v) is 2.86. The Hall–Kier alpha value is -4.07. The van der Waals surface area contributed by atoms with E-state index in [2.05, 4.69) is 10.5 Å². The van der Waals surface area contributed by atoms with E-state index in [-0.39, 0.29) is 11.3 Å². The van der Waals surface area contributed by atoms with E-state index in [1.807, 2.05) is 30.3 Å². The molecule has 0 spiro atoms. The number of hydrogen-bond donors (Lipinski definition) is 1. The van der Waals surface area contributed by atoms with E-state index < -0.39 is 30.1 Å². The number of benzene rings is 3. The minimum Gasteiger partial charge on any atom is -0.452 e. The molecule has 4 aromatic rings. The number of hydrogen-bond acceptors (Lipinski definition) is 5. The molecule has 0 aliphatic carbocycles. The molecule has 3 aromatic carbocycles. The zero-order valence-corrected chi connectivity index (χ0v) is 15.4. The fraction of sp³-hybridized carbons (Fsp3) is 0.0455. The number of nitrogens with one attached hydrogen (secondary N) is 1. The topological polar surface area (TPSA) is 81.4 Å². The lowest BCUT2D eigenvalue weighted by molar-refractivity contribution is -0.119. The normalized spacial score (nSPS) is 10.7. The molecule has 150 valence electrons. The summed E-state index contributed by atoms with van der Waals surface area (Å²) in [5.74, 6) is -2.57. The summed E-state index contributed by atoms with van der Waals surface area (Å²) >= 11 is 0.